The van der Waals surface area contributed by atoms with E-state index in [0.717, 1.165) is 10.4 Å². The van der Waals surface area contributed by atoms with Crippen molar-refractivity contribution >= 4 is 25.6 Å². The van der Waals surface area contributed by atoms with Crippen LogP contribution >= 0.6 is 12.6 Å². The van der Waals surface area contributed by atoms with Crippen molar-refractivity contribution in [1.29, 1.82) is 0 Å². The predicted octanol–water partition coefficient (Wildman–Crippen LogP) is 1.79. The average molecular weight is 237 g/mol. The molecule has 0 aliphatic rings. The fraction of sp³-hybridized carbons (Fsp3) is 0.500. The van der Waals surface area contributed by atoms with Crippen molar-refractivity contribution in [1.82, 2.24) is 0 Å². The van der Waals surface area contributed by atoms with E-state index < -0.39 is 11.2 Å². The first-order chi connectivity index (χ1) is 7.24. The lowest BCUT2D eigenvalue weighted by Gasteiger charge is -2.37. The van der Waals surface area contributed by atoms with Gasteiger partial charge in [-0.15, -0.1) is 12.6 Å². The summed E-state index contributed by atoms with van der Waals surface area (Å²) in [5.41, 5.74) is -0.652. The summed E-state index contributed by atoms with van der Waals surface area (Å²) in [5, 5.41) is 9.93. The Hall–Kier alpha value is -0.445. The van der Waals surface area contributed by atoms with Gasteiger partial charge in [-0.2, -0.15) is 0 Å². The molecule has 16 heavy (non-hydrogen) atoms. The highest BCUT2D eigenvalue weighted by molar-refractivity contribution is 7.80. The monoisotopic (exact) mass is 237 g/mol. The molecule has 1 N–H and O–H groups in total. The SMILES string of the molecule is CC(C)(O)C(C)(C)O[B]c1ccccc1S. The lowest BCUT2D eigenvalue weighted by molar-refractivity contribution is -0.0893. The molecule has 0 amide bonds. The van der Waals surface area contributed by atoms with E-state index in [1.807, 2.05) is 38.1 Å². The second-order valence-electron chi connectivity index (χ2n) is 4.86. The van der Waals surface area contributed by atoms with Gasteiger partial charge in [-0.1, -0.05) is 18.2 Å². The summed E-state index contributed by atoms with van der Waals surface area (Å²) in [6, 6.07) is 7.66. The Morgan fingerprint density at radius 3 is 2.25 bits per heavy atom. The van der Waals surface area contributed by atoms with Gasteiger partial charge in [0, 0.05) is 4.90 Å². The molecule has 0 fully saturated rings. The third kappa shape index (κ3) is 3.27. The molecule has 0 saturated heterocycles. The minimum atomic E-state index is -0.908. The minimum absolute atomic E-state index is 0.650. The molecule has 1 aromatic rings. The van der Waals surface area contributed by atoms with Gasteiger partial charge in [0.25, 0.3) is 0 Å². The van der Waals surface area contributed by atoms with Crippen molar-refractivity contribution in [3.8, 4) is 0 Å². The van der Waals surface area contributed by atoms with Crippen LogP contribution in [0, 0.1) is 0 Å². The molecule has 1 radical (unpaired) electrons. The summed E-state index contributed by atoms with van der Waals surface area (Å²) in [4.78, 5) is 0.856. The topological polar surface area (TPSA) is 29.5 Å². The fourth-order valence-corrected chi connectivity index (χ4v) is 1.16. The second-order valence-corrected chi connectivity index (χ2v) is 5.35. The Morgan fingerprint density at radius 2 is 1.75 bits per heavy atom. The number of hydrogen-bond acceptors (Lipinski definition) is 3. The number of aliphatic hydroxyl groups is 1. The van der Waals surface area contributed by atoms with Crippen LogP contribution in [0.5, 0.6) is 0 Å². The summed E-state index contributed by atoms with van der Waals surface area (Å²) in [5.74, 6) is 0. The van der Waals surface area contributed by atoms with Crippen LogP contribution in [0.3, 0.4) is 0 Å². The van der Waals surface area contributed by atoms with Crippen molar-refractivity contribution in [2.75, 3.05) is 0 Å². The molecule has 0 bridgehead atoms. The highest BCUT2D eigenvalue weighted by Gasteiger charge is 2.35. The van der Waals surface area contributed by atoms with E-state index in [-0.39, 0.29) is 0 Å². The van der Waals surface area contributed by atoms with Crippen LogP contribution in [0.2, 0.25) is 0 Å². The molecule has 0 heterocycles. The Morgan fingerprint density at radius 1 is 1.19 bits per heavy atom. The molecule has 0 saturated carbocycles. The van der Waals surface area contributed by atoms with Crippen molar-refractivity contribution in [3.63, 3.8) is 0 Å². The number of hydrogen-bond donors (Lipinski definition) is 2. The smallest absolute Gasteiger partial charge is 0.332 e. The normalized spacial score (nSPS) is 12.6. The fourth-order valence-electron chi connectivity index (χ4n) is 0.942. The van der Waals surface area contributed by atoms with Crippen molar-refractivity contribution in [3.05, 3.63) is 24.3 Å². The first-order valence-electron chi connectivity index (χ1n) is 5.25. The molecule has 2 nitrogen and oxygen atoms in total. The maximum atomic E-state index is 9.93. The third-order valence-corrected chi connectivity index (χ3v) is 3.30. The molecule has 1 aromatic carbocycles. The maximum Gasteiger partial charge on any atom is 0.332 e. The van der Waals surface area contributed by atoms with Gasteiger partial charge in [0.1, 0.15) is 0 Å². The molecular weight excluding hydrogens is 219 g/mol. The Labute approximate surface area is 104 Å². The van der Waals surface area contributed by atoms with Crippen molar-refractivity contribution < 1.29 is 9.76 Å². The molecule has 1 rings (SSSR count). The van der Waals surface area contributed by atoms with Crippen LogP contribution in [-0.2, 0) is 4.65 Å². The molecule has 0 atom stereocenters. The molecule has 4 heteroatoms. The molecule has 87 valence electrons. The Kier molecular flexibility index (Phi) is 4.10. The maximum absolute atomic E-state index is 9.93. The van der Waals surface area contributed by atoms with Crippen LogP contribution in [0.1, 0.15) is 27.7 Å². The summed E-state index contributed by atoms with van der Waals surface area (Å²) >= 11 is 4.33. The molecule has 0 unspecified atom stereocenters. The van der Waals surface area contributed by atoms with E-state index in [4.69, 9.17) is 4.65 Å². The molecular formula is C12H18BO2S. The van der Waals surface area contributed by atoms with Crippen molar-refractivity contribution in [2.45, 2.75) is 43.8 Å². The average Bonchev–Trinajstić information content (AvgIpc) is 2.15. The van der Waals surface area contributed by atoms with E-state index in [0.29, 0.717) is 0 Å². The summed E-state index contributed by atoms with van der Waals surface area (Å²) in [7, 11) is 1.64. The van der Waals surface area contributed by atoms with E-state index in [9.17, 15) is 5.11 Å². The van der Waals surface area contributed by atoms with Gasteiger partial charge in [0.15, 0.2) is 0 Å². The molecule has 0 aromatic heterocycles. The third-order valence-electron chi connectivity index (χ3n) is 2.89. The van der Waals surface area contributed by atoms with Gasteiger partial charge in [-0.05, 0) is 39.2 Å². The quantitative estimate of drug-likeness (QED) is 0.617. The first kappa shape index (κ1) is 13.6. The Balaban J connectivity index is 2.69. The predicted molar refractivity (Wildman–Crippen MR) is 70.5 cm³/mol. The molecule has 0 aliphatic carbocycles. The first-order valence-corrected chi connectivity index (χ1v) is 5.70. The molecule has 0 spiro atoms. The number of thiol groups is 1. The van der Waals surface area contributed by atoms with Crippen LogP contribution in [0.4, 0.5) is 0 Å². The Bertz CT molecular complexity index is 358. The summed E-state index contributed by atoms with van der Waals surface area (Å²) in [6.45, 7) is 7.16. The zero-order chi connectivity index (χ0) is 12.4. The zero-order valence-electron chi connectivity index (χ0n) is 10.2. The van der Waals surface area contributed by atoms with Gasteiger partial charge in [-0.3, -0.25) is 0 Å². The van der Waals surface area contributed by atoms with Crippen molar-refractivity contribution in [2.24, 2.45) is 0 Å². The van der Waals surface area contributed by atoms with Crippen LogP contribution in [-0.4, -0.2) is 23.8 Å². The van der Waals surface area contributed by atoms with E-state index in [2.05, 4.69) is 12.6 Å². The van der Waals surface area contributed by atoms with Gasteiger partial charge in [0.05, 0.1) is 11.2 Å². The van der Waals surface area contributed by atoms with Gasteiger partial charge in [0.2, 0.25) is 0 Å². The molecule has 0 aliphatic heterocycles. The van der Waals surface area contributed by atoms with Crippen LogP contribution in [0.25, 0.3) is 0 Å². The van der Waals surface area contributed by atoms with E-state index in [1.54, 1.807) is 21.3 Å². The highest BCUT2D eigenvalue weighted by atomic mass is 32.1. The highest BCUT2D eigenvalue weighted by Crippen LogP contribution is 2.24. The zero-order valence-corrected chi connectivity index (χ0v) is 11.1. The standard InChI is InChI=1S/C12H18BO2S/c1-11(2,14)12(3,4)15-13-9-7-5-6-8-10(9)16/h5-8,14,16H,1-4H3. The van der Waals surface area contributed by atoms with Gasteiger partial charge >= 0.3 is 7.48 Å². The number of benzene rings is 1. The van der Waals surface area contributed by atoms with Crippen LogP contribution in [0.15, 0.2) is 29.2 Å². The lowest BCUT2D eigenvalue weighted by Crippen LogP contribution is -2.49. The van der Waals surface area contributed by atoms with Gasteiger partial charge < -0.3 is 9.76 Å². The minimum Gasteiger partial charge on any atom is -0.427 e. The number of rotatable bonds is 4. The largest absolute Gasteiger partial charge is 0.427 e. The lowest BCUT2D eigenvalue weighted by atomic mass is 9.82. The van der Waals surface area contributed by atoms with E-state index >= 15 is 0 Å². The summed E-state index contributed by atoms with van der Waals surface area (Å²) in [6.07, 6.45) is 0. The van der Waals surface area contributed by atoms with Gasteiger partial charge in [-0.25, -0.2) is 0 Å². The van der Waals surface area contributed by atoms with E-state index in [1.165, 1.54) is 0 Å². The summed E-state index contributed by atoms with van der Waals surface area (Å²) < 4.78 is 5.64. The second kappa shape index (κ2) is 4.82. The van der Waals surface area contributed by atoms with Crippen LogP contribution < -0.4 is 5.46 Å².